The first kappa shape index (κ1) is 16.1. The first-order valence-corrected chi connectivity index (χ1v) is 6.91. The van der Waals surface area contributed by atoms with Crippen LogP contribution in [0.4, 0.5) is 0 Å². The van der Waals surface area contributed by atoms with Gasteiger partial charge >= 0.3 is 18.9 Å². The first-order chi connectivity index (χ1) is 9.48. The standard InChI is InChI=1S/C15H19N3O2.Li/c1-10-7-16-13-12(14(19)20)6-11(9-18(10)13)8-17-15(2)4-3-5-15;/h6-7,9,17H,3-5,8H2,1-2H3,(H,19,20);/q;+1/p-1. The Morgan fingerprint density at radius 2 is 2.24 bits per heavy atom. The summed E-state index contributed by atoms with van der Waals surface area (Å²) in [4.78, 5) is 15.4. The number of aryl methyl sites for hydroxylation is 1. The zero-order valence-corrected chi connectivity index (χ0v) is 12.8. The second-order valence-corrected chi connectivity index (χ2v) is 5.91. The van der Waals surface area contributed by atoms with E-state index in [1.54, 1.807) is 12.3 Å². The van der Waals surface area contributed by atoms with E-state index in [4.69, 9.17) is 0 Å². The van der Waals surface area contributed by atoms with Crippen LogP contribution in [0.1, 0.15) is 47.8 Å². The number of nitrogens with one attached hydrogen (secondary N) is 1. The van der Waals surface area contributed by atoms with Gasteiger partial charge in [-0.05, 0) is 44.7 Å². The summed E-state index contributed by atoms with van der Waals surface area (Å²) in [5.41, 5.74) is 2.64. The van der Waals surface area contributed by atoms with Crippen molar-refractivity contribution in [3.8, 4) is 0 Å². The van der Waals surface area contributed by atoms with E-state index < -0.39 is 5.97 Å². The molecule has 0 unspecified atom stereocenters. The van der Waals surface area contributed by atoms with Crippen LogP contribution in [0.5, 0.6) is 0 Å². The third-order valence-electron chi connectivity index (χ3n) is 4.24. The van der Waals surface area contributed by atoms with Crippen LogP contribution in [-0.2, 0) is 6.54 Å². The first-order valence-electron chi connectivity index (χ1n) is 6.91. The Balaban J connectivity index is 0.00000161. The smallest absolute Gasteiger partial charge is 0.545 e. The second kappa shape index (κ2) is 5.84. The van der Waals surface area contributed by atoms with E-state index in [2.05, 4.69) is 17.2 Å². The van der Waals surface area contributed by atoms with E-state index in [0.29, 0.717) is 12.2 Å². The van der Waals surface area contributed by atoms with Gasteiger partial charge in [0, 0.05) is 35.7 Å². The Bertz CT molecular complexity index is 677. The summed E-state index contributed by atoms with van der Waals surface area (Å²) in [6.45, 7) is 4.77. The Hall–Kier alpha value is -1.28. The van der Waals surface area contributed by atoms with E-state index in [0.717, 1.165) is 11.3 Å². The number of carboxylic acid groups (broad SMARTS) is 1. The Morgan fingerprint density at radius 1 is 1.52 bits per heavy atom. The van der Waals surface area contributed by atoms with Crippen LogP contribution in [0.15, 0.2) is 18.5 Å². The summed E-state index contributed by atoms with van der Waals surface area (Å²) in [6, 6.07) is 1.66. The fraction of sp³-hybridized carbons (Fsp3) is 0.467. The fourth-order valence-corrected chi connectivity index (χ4v) is 2.71. The molecule has 0 atom stereocenters. The molecule has 2 aromatic heterocycles. The number of aromatic carboxylic acids is 1. The van der Waals surface area contributed by atoms with Gasteiger partial charge in [-0.15, -0.1) is 0 Å². The molecule has 5 nitrogen and oxygen atoms in total. The predicted molar refractivity (Wildman–Crippen MR) is 73.4 cm³/mol. The average Bonchev–Trinajstić information content (AvgIpc) is 2.75. The molecule has 0 radical (unpaired) electrons. The number of pyridine rings is 1. The van der Waals surface area contributed by atoms with Gasteiger partial charge in [0.1, 0.15) is 5.65 Å². The molecule has 3 rings (SSSR count). The van der Waals surface area contributed by atoms with Crippen molar-refractivity contribution in [2.24, 2.45) is 0 Å². The second-order valence-electron chi connectivity index (χ2n) is 5.91. The van der Waals surface area contributed by atoms with Crippen LogP contribution in [0, 0.1) is 6.92 Å². The molecule has 0 saturated heterocycles. The third kappa shape index (κ3) is 3.01. The maximum Gasteiger partial charge on any atom is 1.00 e. The van der Waals surface area contributed by atoms with Gasteiger partial charge in [0.05, 0.1) is 5.97 Å². The molecule has 0 aromatic carbocycles. The summed E-state index contributed by atoms with van der Waals surface area (Å²) in [5, 5.41) is 14.8. The van der Waals surface area contributed by atoms with Gasteiger partial charge in [-0.2, -0.15) is 0 Å². The fourth-order valence-electron chi connectivity index (χ4n) is 2.71. The van der Waals surface area contributed by atoms with Crippen molar-refractivity contribution in [2.45, 2.75) is 45.2 Å². The number of hydrogen-bond donors (Lipinski definition) is 1. The Morgan fingerprint density at radius 3 is 2.81 bits per heavy atom. The maximum atomic E-state index is 11.3. The van der Waals surface area contributed by atoms with Gasteiger partial charge in [0.15, 0.2) is 0 Å². The molecule has 106 valence electrons. The van der Waals surface area contributed by atoms with E-state index in [1.807, 2.05) is 17.5 Å². The Labute approximate surface area is 135 Å². The minimum Gasteiger partial charge on any atom is -0.545 e. The molecular weight excluding hydrogens is 261 g/mol. The van der Waals surface area contributed by atoms with Crippen molar-refractivity contribution in [1.82, 2.24) is 14.7 Å². The average molecular weight is 279 g/mol. The molecule has 1 aliphatic carbocycles. The van der Waals surface area contributed by atoms with E-state index in [-0.39, 0.29) is 30.0 Å². The number of carbonyl (C=O) groups excluding carboxylic acids is 1. The van der Waals surface area contributed by atoms with Gasteiger partial charge in [0.25, 0.3) is 0 Å². The molecule has 2 aromatic rings. The molecule has 1 N–H and O–H groups in total. The molecule has 1 saturated carbocycles. The largest absolute Gasteiger partial charge is 1.00 e. The number of imidazole rings is 1. The predicted octanol–water partition coefficient (Wildman–Crippen LogP) is -1.96. The number of carboxylic acids is 1. The van der Waals surface area contributed by atoms with Crippen LogP contribution in [0.2, 0.25) is 0 Å². The van der Waals surface area contributed by atoms with Gasteiger partial charge in [-0.25, -0.2) is 4.98 Å². The van der Waals surface area contributed by atoms with Crippen molar-refractivity contribution >= 4 is 11.6 Å². The molecule has 6 heteroatoms. The SMILES string of the molecule is Cc1cnc2c(C(=O)[O-])cc(CNC3(C)CCC3)cn12.[Li+]. The number of rotatable bonds is 4. The normalized spacial score (nSPS) is 16.3. The molecule has 0 bridgehead atoms. The van der Waals surface area contributed by atoms with E-state index in [9.17, 15) is 9.90 Å². The number of nitrogens with zero attached hydrogens (tertiary/aromatic N) is 2. The molecule has 21 heavy (non-hydrogen) atoms. The summed E-state index contributed by atoms with van der Waals surface area (Å²) < 4.78 is 1.81. The van der Waals surface area contributed by atoms with E-state index in [1.165, 1.54) is 19.3 Å². The summed E-state index contributed by atoms with van der Waals surface area (Å²) in [6.07, 6.45) is 7.22. The van der Waals surface area contributed by atoms with Crippen molar-refractivity contribution in [3.63, 3.8) is 0 Å². The monoisotopic (exact) mass is 279 g/mol. The topological polar surface area (TPSA) is 69.5 Å². The summed E-state index contributed by atoms with van der Waals surface area (Å²) >= 11 is 0. The van der Waals surface area contributed by atoms with Crippen molar-refractivity contribution in [3.05, 3.63) is 35.3 Å². The van der Waals surface area contributed by atoms with Crippen LogP contribution >= 0.6 is 0 Å². The van der Waals surface area contributed by atoms with Gasteiger partial charge in [-0.3, -0.25) is 0 Å². The molecule has 1 aliphatic rings. The van der Waals surface area contributed by atoms with Crippen molar-refractivity contribution in [1.29, 1.82) is 0 Å². The minimum absolute atomic E-state index is 0. The van der Waals surface area contributed by atoms with Gasteiger partial charge in [-0.1, -0.05) is 0 Å². The van der Waals surface area contributed by atoms with Crippen molar-refractivity contribution in [2.75, 3.05) is 0 Å². The zero-order chi connectivity index (χ0) is 14.3. The Kier molecular flexibility index (Phi) is 4.48. The summed E-state index contributed by atoms with van der Waals surface area (Å²) in [5.74, 6) is -1.18. The molecule has 0 amide bonds. The quantitative estimate of drug-likeness (QED) is 0.660. The minimum atomic E-state index is -1.18. The van der Waals surface area contributed by atoms with Crippen LogP contribution in [0.25, 0.3) is 5.65 Å². The number of hydrogen-bond acceptors (Lipinski definition) is 4. The third-order valence-corrected chi connectivity index (χ3v) is 4.24. The molecule has 2 heterocycles. The summed E-state index contributed by atoms with van der Waals surface area (Å²) in [7, 11) is 0. The number of aromatic nitrogens is 2. The number of fused-ring (bicyclic) bond motifs is 1. The maximum absolute atomic E-state index is 11.3. The number of carbonyl (C=O) groups is 1. The van der Waals surface area contributed by atoms with Crippen molar-refractivity contribution < 1.29 is 28.8 Å². The molecule has 0 spiro atoms. The van der Waals surface area contributed by atoms with Crippen LogP contribution in [0.3, 0.4) is 0 Å². The molecule has 1 fully saturated rings. The van der Waals surface area contributed by atoms with Crippen LogP contribution < -0.4 is 29.3 Å². The van der Waals surface area contributed by atoms with Gasteiger partial charge in [0.2, 0.25) is 0 Å². The van der Waals surface area contributed by atoms with Crippen LogP contribution in [-0.4, -0.2) is 20.9 Å². The van der Waals surface area contributed by atoms with E-state index >= 15 is 0 Å². The molecule has 0 aliphatic heterocycles. The van der Waals surface area contributed by atoms with Gasteiger partial charge < -0.3 is 19.6 Å². The molecular formula is C15H18LiN3O2. The zero-order valence-electron chi connectivity index (χ0n) is 12.8.